The minimum absolute atomic E-state index is 0.0374. The van der Waals surface area contributed by atoms with E-state index in [-0.39, 0.29) is 12.2 Å². The van der Waals surface area contributed by atoms with E-state index < -0.39 is 29.3 Å². The lowest BCUT2D eigenvalue weighted by molar-refractivity contribution is -0.140. The summed E-state index contributed by atoms with van der Waals surface area (Å²) in [6, 6.07) is 0. The summed E-state index contributed by atoms with van der Waals surface area (Å²) >= 11 is 0. The van der Waals surface area contributed by atoms with E-state index in [0.29, 0.717) is 0 Å². The predicted octanol–water partition coefficient (Wildman–Crippen LogP) is 3.86. The Morgan fingerprint density at radius 2 is 2.04 bits per heavy atom. The molecule has 1 aromatic heterocycles. The Morgan fingerprint density at radius 1 is 1.42 bits per heavy atom. The predicted molar refractivity (Wildman–Crippen MR) is 94.7 cm³/mol. The summed E-state index contributed by atoms with van der Waals surface area (Å²) in [6.07, 6.45) is -2.12. The number of carbonyl (C=O) groups is 1. The van der Waals surface area contributed by atoms with E-state index in [0.717, 1.165) is 15.8 Å². The third-order valence-electron chi connectivity index (χ3n) is 2.93. The highest BCUT2D eigenvalue weighted by atomic mass is 19.4. The van der Waals surface area contributed by atoms with Crippen molar-refractivity contribution in [2.75, 3.05) is 18.5 Å². The maximum Gasteiger partial charge on any atom is 0.437 e. The number of alkyl halides is 3. The van der Waals surface area contributed by atoms with Gasteiger partial charge in [-0.05, 0) is 34.4 Å². The van der Waals surface area contributed by atoms with Gasteiger partial charge in [-0.25, -0.2) is 9.48 Å². The van der Waals surface area contributed by atoms with Gasteiger partial charge in [0.1, 0.15) is 11.3 Å². The van der Waals surface area contributed by atoms with Crippen LogP contribution in [0.4, 0.5) is 23.7 Å². The molecule has 0 aromatic carbocycles. The normalized spacial score (nSPS) is 13.2. The largest absolute Gasteiger partial charge is 0.443 e. The highest BCUT2D eigenvalue weighted by molar-refractivity contribution is 6.02. The number of hydrogen-bond donors (Lipinski definition) is 0. The van der Waals surface area contributed by atoms with Gasteiger partial charge in [-0.2, -0.15) is 18.3 Å². The number of hydrogen-bond acceptors (Lipinski definition) is 5. The smallest absolute Gasteiger partial charge is 0.437 e. The first kappa shape index (κ1) is 21.4. The number of rotatable bonds is 5. The summed E-state index contributed by atoms with van der Waals surface area (Å²) in [5.74, 6) is 0. The molecule has 0 aliphatic heterocycles. The number of allylic oxidation sites excluding steroid dienone is 1. The third-order valence-corrected chi connectivity index (χ3v) is 2.93. The summed E-state index contributed by atoms with van der Waals surface area (Å²) in [4.78, 5) is 20.5. The molecule has 0 bridgehead atoms. The molecule has 0 fully saturated rings. The van der Waals surface area contributed by atoms with Gasteiger partial charge in [0.25, 0.3) is 0 Å². The standard InChI is InChI=1S/C16H22F3N5O2/c1-7-23(14(25)26-15(2,3)4)12-10-24(11(8-20-5)9-21-6)22-13(12)16(17,18)19/h8-10H,5,7H2,1-4,6H3/b11-8+,21-9-. The second-order valence-corrected chi connectivity index (χ2v) is 6.15. The monoisotopic (exact) mass is 373 g/mol. The average Bonchev–Trinajstić information content (AvgIpc) is 2.91. The summed E-state index contributed by atoms with van der Waals surface area (Å²) in [5, 5.41) is 3.56. The molecule has 0 unspecified atom stereocenters. The van der Waals surface area contributed by atoms with E-state index in [4.69, 9.17) is 4.74 Å². The zero-order valence-electron chi connectivity index (χ0n) is 15.3. The fourth-order valence-electron chi connectivity index (χ4n) is 1.99. The average molecular weight is 373 g/mol. The van der Waals surface area contributed by atoms with Crippen LogP contribution in [0.1, 0.15) is 33.4 Å². The molecule has 1 aromatic rings. The van der Waals surface area contributed by atoms with Crippen LogP contribution in [0.15, 0.2) is 22.4 Å². The summed E-state index contributed by atoms with van der Waals surface area (Å²) in [7, 11) is 1.45. The van der Waals surface area contributed by atoms with Gasteiger partial charge in [0.15, 0.2) is 5.69 Å². The number of aromatic nitrogens is 2. The quantitative estimate of drug-likeness (QED) is 0.736. The molecular weight excluding hydrogens is 351 g/mol. The second kappa shape index (κ2) is 8.15. The van der Waals surface area contributed by atoms with Gasteiger partial charge in [-0.15, -0.1) is 0 Å². The van der Waals surface area contributed by atoms with Crippen LogP contribution in [0.2, 0.25) is 0 Å². The Kier molecular flexibility index (Phi) is 6.71. The third kappa shape index (κ3) is 5.43. The number of ether oxygens (including phenoxy) is 1. The van der Waals surface area contributed by atoms with Crippen molar-refractivity contribution in [3.8, 4) is 0 Å². The van der Waals surface area contributed by atoms with Crippen molar-refractivity contribution in [2.24, 2.45) is 9.98 Å². The zero-order valence-corrected chi connectivity index (χ0v) is 15.3. The number of aliphatic imine (C=N–C) groups is 2. The number of halogens is 3. The highest BCUT2D eigenvalue weighted by Gasteiger charge is 2.40. The number of amides is 1. The molecule has 0 atom stereocenters. The molecule has 10 heteroatoms. The molecule has 0 spiro atoms. The van der Waals surface area contributed by atoms with Crippen LogP contribution in [0, 0.1) is 0 Å². The molecular formula is C16H22F3N5O2. The molecule has 0 aliphatic carbocycles. The van der Waals surface area contributed by atoms with E-state index in [1.165, 1.54) is 26.4 Å². The number of carbonyl (C=O) groups excluding carboxylic acids is 1. The van der Waals surface area contributed by atoms with Crippen molar-refractivity contribution >= 4 is 30.4 Å². The summed E-state index contributed by atoms with van der Waals surface area (Å²) in [6.45, 7) is 9.65. The zero-order chi connectivity index (χ0) is 20.1. The SMILES string of the molecule is C=N/C=C(\C=N/C)n1cc(N(CC)C(=O)OC(C)(C)C)c(C(F)(F)F)n1. The van der Waals surface area contributed by atoms with Crippen LogP contribution >= 0.6 is 0 Å². The molecule has 0 saturated heterocycles. The Hall–Kier alpha value is -2.65. The van der Waals surface area contributed by atoms with E-state index in [9.17, 15) is 18.0 Å². The van der Waals surface area contributed by atoms with Crippen LogP contribution in [-0.4, -0.2) is 48.0 Å². The van der Waals surface area contributed by atoms with Gasteiger partial charge in [0.2, 0.25) is 0 Å². The Bertz CT molecular complexity index is 714. The molecule has 0 saturated carbocycles. The molecule has 1 heterocycles. The first-order valence-corrected chi connectivity index (χ1v) is 7.70. The number of nitrogens with zero attached hydrogens (tertiary/aromatic N) is 5. The molecule has 144 valence electrons. The van der Waals surface area contributed by atoms with Crippen LogP contribution < -0.4 is 4.90 Å². The molecule has 7 nitrogen and oxygen atoms in total. The van der Waals surface area contributed by atoms with Crippen LogP contribution in [-0.2, 0) is 10.9 Å². The van der Waals surface area contributed by atoms with Crippen molar-refractivity contribution in [1.29, 1.82) is 0 Å². The van der Waals surface area contributed by atoms with Crippen molar-refractivity contribution < 1.29 is 22.7 Å². The van der Waals surface area contributed by atoms with E-state index in [1.54, 1.807) is 20.8 Å². The van der Waals surface area contributed by atoms with Crippen molar-refractivity contribution in [3.05, 3.63) is 18.1 Å². The Balaban J connectivity index is 3.50. The van der Waals surface area contributed by atoms with Crippen molar-refractivity contribution in [3.63, 3.8) is 0 Å². The Labute approximate surface area is 149 Å². The Morgan fingerprint density at radius 3 is 2.46 bits per heavy atom. The van der Waals surface area contributed by atoms with Crippen LogP contribution in [0.3, 0.4) is 0 Å². The fourth-order valence-corrected chi connectivity index (χ4v) is 1.99. The van der Waals surface area contributed by atoms with Gasteiger partial charge in [0.05, 0.1) is 18.1 Å². The van der Waals surface area contributed by atoms with Gasteiger partial charge in [0, 0.05) is 19.8 Å². The molecule has 1 rings (SSSR count). The lowest BCUT2D eigenvalue weighted by atomic mass is 10.2. The van der Waals surface area contributed by atoms with Crippen molar-refractivity contribution in [2.45, 2.75) is 39.5 Å². The number of anilines is 1. The van der Waals surface area contributed by atoms with Crippen molar-refractivity contribution in [1.82, 2.24) is 9.78 Å². The molecule has 1 amide bonds. The molecule has 0 aliphatic rings. The minimum atomic E-state index is -4.77. The van der Waals surface area contributed by atoms with E-state index in [2.05, 4.69) is 21.8 Å². The highest BCUT2D eigenvalue weighted by Crippen LogP contribution is 2.36. The summed E-state index contributed by atoms with van der Waals surface area (Å²) < 4.78 is 46.5. The maximum absolute atomic E-state index is 13.5. The lowest BCUT2D eigenvalue weighted by Crippen LogP contribution is -2.37. The maximum atomic E-state index is 13.5. The molecule has 0 radical (unpaired) electrons. The van der Waals surface area contributed by atoms with Crippen LogP contribution in [0.5, 0.6) is 0 Å². The molecule has 0 N–H and O–H groups in total. The van der Waals surface area contributed by atoms with E-state index in [1.807, 2.05) is 0 Å². The first-order chi connectivity index (χ1) is 11.9. The summed E-state index contributed by atoms with van der Waals surface area (Å²) in [5.41, 5.74) is -2.34. The van der Waals surface area contributed by atoms with Gasteiger partial charge < -0.3 is 4.74 Å². The lowest BCUT2D eigenvalue weighted by Gasteiger charge is -2.26. The van der Waals surface area contributed by atoms with Gasteiger partial charge in [-0.3, -0.25) is 14.9 Å². The second-order valence-electron chi connectivity index (χ2n) is 6.15. The molecule has 26 heavy (non-hydrogen) atoms. The minimum Gasteiger partial charge on any atom is -0.443 e. The van der Waals surface area contributed by atoms with E-state index >= 15 is 0 Å². The fraction of sp³-hybridized carbons (Fsp3) is 0.500. The van der Waals surface area contributed by atoms with Gasteiger partial charge in [-0.1, -0.05) is 0 Å². The van der Waals surface area contributed by atoms with Crippen LogP contribution in [0.25, 0.3) is 5.70 Å². The van der Waals surface area contributed by atoms with Gasteiger partial charge >= 0.3 is 12.3 Å². The topological polar surface area (TPSA) is 72.1 Å². The first-order valence-electron chi connectivity index (χ1n) is 7.70.